The Morgan fingerprint density at radius 2 is 2.05 bits per heavy atom. The van der Waals surface area contributed by atoms with Gasteiger partial charge in [0.25, 0.3) is 0 Å². The Labute approximate surface area is 127 Å². The molecule has 21 heavy (non-hydrogen) atoms. The summed E-state index contributed by atoms with van der Waals surface area (Å²) in [6.45, 7) is 13.9. The molecule has 0 saturated heterocycles. The van der Waals surface area contributed by atoms with Crippen molar-refractivity contribution in [1.82, 2.24) is 15.1 Å². The number of rotatable bonds is 6. The predicted octanol–water partition coefficient (Wildman–Crippen LogP) is 3.85. The van der Waals surface area contributed by atoms with Crippen molar-refractivity contribution < 1.29 is 0 Å². The zero-order valence-electron chi connectivity index (χ0n) is 13.5. The van der Waals surface area contributed by atoms with Crippen molar-refractivity contribution >= 4 is 0 Å². The zero-order valence-corrected chi connectivity index (χ0v) is 13.5. The molecule has 1 N–H and O–H groups in total. The van der Waals surface area contributed by atoms with Gasteiger partial charge < -0.3 is 5.32 Å². The van der Waals surface area contributed by atoms with Crippen LogP contribution in [0.25, 0.3) is 0 Å². The summed E-state index contributed by atoms with van der Waals surface area (Å²) in [5.74, 6) is 0. The molecule has 112 valence electrons. The Balaban J connectivity index is 2.01. The van der Waals surface area contributed by atoms with E-state index in [4.69, 9.17) is 0 Å². The SMILES string of the molecule is C=CCn1cc(CNC(C)c2ccc(C)c(C)c2)c(C)n1. The maximum Gasteiger partial charge on any atom is 0.0638 e. The van der Waals surface area contributed by atoms with Crippen LogP contribution < -0.4 is 5.32 Å². The predicted molar refractivity (Wildman–Crippen MR) is 88.3 cm³/mol. The van der Waals surface area contributed by atoms with Gasteiger partial charge in [-0.25, -0.2) is 0 Å². The second-order valence-electron chi connectivity index (χ2n) is 5.70. The summed E-state index contributed by atoms with van der Waals surface area (Å²) in [6.07, 6.45) is 3.96. The number of nitrogens with one attached hydrogen (secondary N) is 1. The normalized spacial score (nSPS) is 12.4. The Morgan fingerprint density at radius 3 is 2.71 bits per heavy atom. The lowest BCUT2D eigenvalue weighted by Crippen LogP contribution is -2.18. The number of nitrogens with zero attached hydrogens (tertiary/aromatic N) is 2. The molecular formula is C18H25N3. The standard InChI is InChI=1S/C18H25N3/c1-6-9-21-12-18(16(5)20-21)11-19-15(4)17-8-7-13(2)14(3)10-17/h6-8,10,12,15,19H,1,9,11H2,2-5H3. The molecule has 0 aliphatic rings. The van der Waals surface area contributed by atoms with Crippen LogP contribution in [0.3, 0.4) is 0 Å². The van der Waals surface area contributed by atoms with Crippen LogP contribution in [0.5, 0.6) is 0 Å². The Morgan fingerprint density at radius 1 is 1.29 bits per heavy atom. The summed E-state index contributed by atoms with van der Waals surface area (Å²) in [6, 6.07) is 6.98. The monoisotopic (exact) mass is 283 g/mol. The molecule has 1 unspecified atom stereocenters. The molecule has 0 amide bonds. The summed E-state index contributed by atoms with van der Waals surface area (Å²) in [5.41, 5.74) is 6.34. The average molecular weight is 283 g/mol. The van der Waals surface area contributed by atoms with Crippen molar-refractivity contribution in [3.63, 3.8) is 0 Å². The van der Waals surface area contributed by atoms with Gasteiger partial charge in [0.15, 0.2) is 0 Å². The second kappa shape index (κ2) is 6.72. The number of hydrogen-bond donors (Lipinski definition) is 1. The number of aryl methyl sites for hydroxylation is 3. The Kier molecular flexibility index (Phi) is 4.97. The summed E-state index contributed by atoms with van der Waals surface area (Å²) < 4.78 is 1.93. The summed E-state index contributed by atoms with van der Waals surface area (Å²) in [4.78, 5) is 0. The molecule has 0 aliphatic carbocycles. The highest BCUT2D eigenvalue weighted by Crippen LogP contribution is 2.17. The van der Waals surface area contributed by atoms with Crippen LogP contribution in [0.15, 0.2) is 37.1 Å². The van der Waals surface area contributed by atoms with Crippen molar-refractivity contribution in [3.05, 3.63) is 65.0 Å². The van der Waals surface area contributed by atoms with E-state index in [-0.39, 0.29) is 0 Å². The van der Waals surface area contributed by atoms with Crippen molar-refractivity contribution in [2.75, 3.05) is 0 Å². The van der Waals surface area contributed by atoms with E-state index >= 15 is 0 Å². The molecule has 1 atom stereocenters. The van der Waals surface area contributed by atoms with Crippen molar-refractivity contribution in [2.45, 2.75) is 46.8 Å². The first kappa shape index (κ1) is 15.5. The fourth-order valence-corrected chi connectivity index (χ4v) is 2.37. The number of benzene rings is 1. The van der Waals surface area contributed by atoms with Crippen molar-refractivity contribution in [1.29, 1.82) is 0 Å². The third-order valence-electron chi connectivity index (χ3n) is 3.99. The lowest BCUT2D eigenvalue weighted by Gasteiger charge is -2.15. The first-order valence-electron chi connectivity index (χ1n) is 7.45. The first-order valence-corrected chi connectivity index (χ1v) is 7.45. The zero-order chi connectivity index (χ0) is 15.4. The van der Waals surface area contributed by atoms with E-state index in [2.05, 4.69) is 69.1 Å². The molecule has 0 radical (unpaired) electrons. The van der Waals surface area contributed by atoms with Gasteiger partial charge in [0.1, 0.15) is 0 Å². The quantitative estimate of drug-likeness (QED) is 0.816. The van der Waals surface area contributed by atoms with Gasteiger partial charge >= 0.3 is 0 Å². The minimum absolute atomic E-state index is 0.325. The summed E-state index contributed by atoms with van der Waals surface area (Å²) >= 11 is 0. The van der Waals surface area contributed by atoms with Crippen molar-refractivity contribution in [3.8, 4) is 0 Å². The number of hydrogen-bond acceptors (Lipinski definition) is 2. The fourth-order valence-electron chi connectivity index (χ4n) is 2.37. The van der Waals surface area contributed by atoms with E-state index < -0.39 is 0 Å². The highest BCUT2D eigenvalue weighted by atomic mass is 15.3. The maximum atomic E-state index is 4.48. The van der Waals surface area contributed by atoms with Crippen LogP contribution in [0.1, 0.15) is 40.9 Å². The Hall–Kier alpha value is -1.87. The minimum Gasteiger partial charge on any atom is -0.306 e. The second-order valence-corrected chi connectivity index (χ2v) is 5.70. The molecule has 1 heterocycles. The molecule has 0 spiro atoms. The third-order valence-corrected chi connectivity index (χ3v) is 3.99. The average Bonchev–Trinajstić information content (AvgIpc) is 2.80. The van der Waals surface area contributed by atoms with Crippen LogP contribution in [0.4, 0.5) is 0 Å². The molecule has 1 aromatic carbocycles. The molecule has 0 saturated carbocycles. The van der Waals surface area contributed by atoms with Gasteiger partial charge in [-0.15, -0.1) is 6.58 Å². The van der Waals surface area contributed by atoms with Gasteiger partial charge in [-0.2, -0.15) is 5.10 Å². The van der Waals surface area contributed by atoms with Crippen molar-refractivity contribution in [2.24, 2.45) is 0 Å². The van der Waals surface area contributed by atoms with E-state index in [0.29, 0.717) is 6.04 Å². The molecule has 1 aromatic heterocycles. The van der Waals surface area contributed by atoms with E-state index in [1.165, 1.54) is 22.3 Å². The van der Waals surface area contributed by atoms with Crippen LogP contribution >= 0.6 is 0 Å². The molecule has 3 nitrogen and oxygen atoms in total. The van der Waals surface area contributed by atoms with Crippen LogP contribution in [-0.2, 0) is 13.1 Å². The van der Waals surface area contributed by atoms with Crippen LogP contribution in [0.2, 0.25) is 0 Å². The third kappa shape index (κ3) is 3.82. The van der Waals surface area contributed by atoms with Gasteiger partial charge in [-0.3, -0.25) is 4.68 Å². The first-order chi connectivity index (χ1) is 10.0. The molecule has 2 rings (SSSR count). The lowest BCUT2D eigenvalue weighted by molar-refractivity contribution is 0.572. The molecule has 0 aliphatic heterocycles. The van der Waals surface area contributed by atoms with E-state index in [0.717, 1.165) is 18.8 Å². The molecule has 0 bridgehead atoms. The van der Waals surface area contributed by atoms with Gasteiger partial charge in [0.2, 0.25) is 0 Å². The van der Waals surface area contributed by atoms with Gasteiger partial charge in [0, 0.05) is 24.3 Å². The van der Waals surface area contributed by atoms with Gasteiger partial charge in [0.05, 0.1) is 12.2 Å². The fraction of sp³-hybridized carbons (Fsp3) is 0.389. The van der Waals surface area contributed by atoms with Gasteiger partial charge in [-0.1, -0.05) is 24.3 Å². The van der Waals surface area contributed by atoms with Crippen LogP contribution in [0, 0.1) is 20.8 Å². The van der Waals surface area contributed by atoms with E-state index in [1.807, 2.05) is 10.8 Å². The van der Waals surface area contributed by atoms with Crippen LogP contribution in [-0.4, -0.2) is 9.78 Å². The molecule has 0 fully saturated rings. The maximum absolute atomic E-state index is 4.48. The number of allylic oxidation sites excluding steroid dienone is 1. The molecule has 3 heteroatoms. The van der Waals surface area contributed by atoms with E-state index in [9.17, 15) is 0 Å². The minimum atomic E-state index is 0.325. The molecular weight excluding hydrogens is 258 g/mol. The van der Waals surface area contributed by atoms with E-state index in [1.54, 1.807) is 0 Å². The highest BCUT2D eigenvalue weighted by molar-refractivity contribution is 5.31. The van der Waals surface area contributed by atoms with Gasteiger partial charge in [-0.05, 0) is 44.4 Å². The summed E-state index contributed by atoms with van der Waals surface area (Å²) in [7, 11) is 0. The molecule has 2 aromatic rings. The largest absolute Gasteiger partial charge is 0.306 e. The lowest BCUT2D eigenvalue weighted by atomic mass is 10.0. The Bertz CT molecular complexity index is 625. The highest BCUT2D eigenvalue weighted by Gasteiger charge is 2.09. The smallest absolute Gasteiger partial charge is 0.0638 e. The topological polar surface area (TPSA) is 29.9 Å². The summed E-state index contributed by atoms with van der Waals surface area (Å²) in [5, 5.41) is 8.06. The number of aromatic nitrogens is 2.